The number of nitrogens with zero attached hydrogens (tertiary/aromatic N) is 2. The maximum atomic E-state index is 12.8. The summed E-state index contributed by atoms with van der Waals surface area (Å²) < 4.78 is 14.5. The highest BCUT2D eigenvalue weighted by atomic mass is 19.1. The summed E-state index contributed by atoms with van der Waals surface area (Å²) in [5.41, 5.74) is 6.31. The van der Waals surface area contributed by atoms with E-state index < -0.39 is 0 Å². The lowest BCUT2D eigenvalue weighted by Crippen LogP contribution is -2.13. The van der Waals surface area contributed by atoms with E-state index in [9.17, 15) is 9.50 Å². The van der Waals surface area contributed by atoms with Crippen molar-refractivity contribution in [2.75, 3.05) is 12.3 Å². The first-order valence-corrected chi connectivity index (χ1v) is 4.86. The molecule has 1 atom stereocenters. The zero-order chi connectivity index (χ0) is 11.5. The van der Waals surface area contributed by atoms with Crippen LogP contribution in [-0.4, -0.2) is 21.3 Å². The van der Waals surface area contributed by atoms with E-state index in [0.29, 0.717) is 5.82 Å². The Morgan fingerprint density at radius 3 is 2.56 bits per heavy atom. The molecule has 0 aliphatic carbocycles. The molecule has 84 valence electrons. The quantitative estimate of drug-likeness (QED) is 0.818. The van der Waals surface area contributed by atoms with E-state index in [1.807, 2.05) is 0 Å². The summed E-state index contributed by atoms with van der Waals surface area (Å²) >= 11 is 0. The molecule has 0 fully saturated rings. The molecule has 2 aromatic rings. The Labute approximate surface area is 92.2 Å². The number of imidazole rings is 1. The lowest BCUT2D eigenvalue weighted by atomic mass is 10.1. The molecule has 3 N–H and O–H groups in total. The Bertz CT molecular complexity index is 466. The van der Waals surface area contributed by atoms with Crippen molar-refractivity contribution in [3.05, 3.63) is 48.2 Å². The van der Waals surface area contributed by atoms with E-state index in [-0.39, 0.29) is 18.5 Å². The van der Waals surface area contributed by atoms with E-state index in [2.05, 4.69) is 4.98 Å². The Morgan fingerprint density at radius 1 is 1.38 bits per heavy atom. The third-order valence-electron chi connectivity index (χ3n) is 2.41. The third kappa shape index (κ3) is 2.04. The van der Waals surface area contributed by atoms with E-state index in [4.69, 9.17) is 5.73 Å². The summed E-state index contributed by atoms with van der Waals surface area (Å²) in [5.74, 6) is 0.0890. The number of nitrogens with two attached hydrogens (primary N) is 1. The van der Waals surface area contributed by atoms with Gasteiger partial charge in [0.1, 0.15) is 11.6 Å². The average Bonchev–Trinajstić information content (AvgIpc) is 2.69. The van der Waals surface area contributed by atoms with Crippen LogP contribution in [0.25, 0.3) is 0 Å². The zero-order valence-corrected chi connectivity index (χ0v) is 8.55. The molecule has 1 aromatic heterocycles. The van der Waals surface area contributed by atoms with Crippen molar-refractivity contribution in [2.45, 2.75) is 6.04 Å². The standard InChI is InChI=1S/C11H12FN3O/c12-9-3-1-8(2-4-9)10(6-16)15-5-11(13)14-7-15/h1-5,7,10,16H,6,13H2/t10-/m0/s1. The van der Waals surface area contributed by atoms with Gasteiger partial charge in [-0.3, -0.25) is 0 Å². The van der Waals surface area contributed by atoms with Crippen molar-refractivity contribution >= 4 is 5.82 Å². The number of rotatable bonds is 3. The van der Waals surface area contributed by atoms with Gasteiger partial charge in [0.15, 0.2) is 0 Å². The van der Waals surface area contributed by atoms with Crippen LogP contribution < -0.4 is 5.73 Å². The molecule has 1 heterocycles. The van der Waals surface area contributed by atoms with Gasteiger partial charge < -0.3 is 15.4 Å². The van der Waals surface area contributed by atoms with Crippen molar-refractivity contribution in [1.82, 2.24) is 9.55 Å². The van der Waals surface area contributed by atoms with Crippen LogP contribution in [0.15, 0.2) is 36.8 Å². The predicted octanol–water partition coefficient (Wildman–Crippen LogP) is 1.19. The molecule has 0 saturated heterocycles. The van der Waals surface area contributed by atoms with Crippen molar-refractivity contribution in [3.8, 4) is 0 Å². The van der Waals surface area contributed by atoms with Gasteiger partial charge >= 0.3 is 0 Å². The summed E-state index contributed by atoms with van der Waals surface area (Å²) in [4.78, 5) is 3.88. The SMILES string of the molecule is Nc1cn([C@@H](CO)c2ccc(F)cc2)cn1. The molecular formula is C11H12FN3O. The first-order valence-electron chi connectivity index (χ1n) is 4.86. The van der Waals surface area contributed by atoms with Crippen LogP contribution in [0.4, 0.5) is 10.2 Å². The summed E-state index contributed by atoms with van der Waals surface area (Å²) in [7, 11) is 0. The van der Waals surface area contributed by atoms with E-state index in [1.165, 1.54) is 12.1 Å². The molecule has 2 rings (SSSR count). The Morgan fingerprint density at radius 2 is 2.06 bits per heavy atom. The van der Waals surface area contributed by atoms with Crippen LogP contribution >= 0.6 is 0 Å². The minimum Gasteiger partial charge on any atom is -0.394 e. The summed E-state index contributed by atoms with van der Waals surface area (Å²) in [6, 6.07) is 5.69. The highest BCUT2D eigenvalue weighted by molar-refractivity contribution is 5.26. The minimum absolute atomic E-state index is 0.0958. The van der Waals surface area contributed by atoms with Gasteiger partial charge in [0.25, 0.3) is 0 Å². The molecule has 0 amide bonds. The second-order valence-electron chi connectivity index (χ2n) is 3.50. The van der Waals surface area contributed by atoms with Crippen LogP contribution in [0.1, 0.15) is 11.6 Å². The largest absolute Gasteiger partial charge is 0.394 e. The van der Waals surface area contributed by atoms with Crippen molar-refractivity contribution in [3.63, 3.8) is 0 Å². The number of halogens is 1. The second-order valence-corrected chi connectivity index (χ2v) is 3.50. The van der Waals surface area contributed by atoms with Crippen LogP contribution in [0.5, 0.6) is 0 Å². The number of aromatic nitrogens is 2. The van der Waals surface area contributed by atoms with E-state index in [1.54, 1.807) is 29.2 Å². The first kappa shape index (κ1) is 10.6. The number of aliphatic hydroxyl groups is 1. The second kappa shape index (κ2) is 4.32. The molecule has 0 aliphatic rings. The van der Waals surface area contributed by atoms with Crippen LogP contribution in [-0.2, 0) is 0 Å². The number of hydrogen-bond acceptors (Lipinski definition) is 3. The summed E-state index contributed by atoms with van der Waals surface area (Å²) in [6.07, 6.45) is 3.17. The number of hydrogen-bond donors (Lipinski definition) is 2. The molecule has 0 unspecified atom stereocenters. The van der Waals surface area contributed by atoms with Crippen molar-refractivity contribution in [1.29, 1.82) is 0 Å². The maximum absolute atomic E-state index is 12.8. The molecule has 1 aromatic carbocycles. The average molecular weight is 221 g/mol. The molecule has 0 aliphatic heterocycles. The molecule has 0 radical (unpaired) electrons. The lowest BCUT2D eigenvalue weighted by Gasteiger charge is -2.15. The minimum atomic E-state index is -0.300. The molecule has 0 spiro atoms. The Hall–Kier alpha value is -1.88. The van der Waals surface area contributed by atoms with Crippen molar-refractivity contribution in [2.24, 2.45) is 0 Å². The third-order valence-corrected chi connectivity index (χ3v) is 2.41. The molecule has 5 heteroatoms. The summed E-state index contributed by atoms with van der Waals surface area (Å²) in [6.45, 7) is -0.0958. The van der Waals surface area contributed by atoms with E-state index in [0.717, 1.165) is 5.56 Å². The smallest absolute Gasteiger partial charge is 0.141 e. The molecule has 16 heavy (non-hydrogen) atoms. The zero-order valence-electron chi connectivity index (χ0n) is 8.55. The van der Waals surface area contributed by atoms with Gasteiger partial charge in [0, 0.05) is 6.20 Å². The van der Waals surface area contributed by atoms with Gasteiger partial charge in [-0.25, -0.2) is 9.37 Å². The van der Waals surface area contributed by atoms with Gasteiger partial charge in [0.05, 0.1) is 19.0 Å². The van der Waals surface area contributed by atoms with Gasteiger partial charge in [-0.1, -0.05) is 12.1 Å². The molecule has 4 nitrogen and oxygen atoms in total. The number of anilines is 1. The fourth-order valence-electron chi connectivity index (χ4n) is 1.58. The van der Waals surface area contributed by atoms with Gasteiger partial charge in [-0.15, -0.1) is 0 Å². The fourth-order valence-corrected chi connectivity index (χ4v) is 1.58. The number of benzene rings is 1. The van der Waals surface area contributed by atoms with Gasteiger partial charge in [0.2, 0.25) is 0 Å². The molecule has 0 bridgehead atoms. The van der Waals surface area contributed by atoms with Crippen LogP contribution in [0.3, 0.4) is 0 Å². The fraction of sp³-hybridized carbons (Fsp3) is 0.182. The van der Waals surface area contributed by atoms with Crippen LogP contribution in [0, 0.1) is 5.82 Å². The molecule has 0 saturated carbocycles. The summed E-state index contributed by atoms with van der Waals surface area (Å²) in [5, 5.41) is 9.33. The first-order chi connectivity index (χ1) is 7.70. The predicted molar refractivity (Wildman–Crippen MR) is 58.3 cm³/mol. The Balaban J connectivity index is 2.32. The Kier molecular flexibility index (Phi) is 2.87. The number of aliphatic hydroxyl groups excluding tert-OH is 1. The normalized spacial score (nSPS) is 12.6. The highest BCUT2D eigenvalue weighted by Gasteiger charge is 2.12. The monoisotopic (exact) mass is 221 g/mol. The topological polar surface area (TPSA) is 64.1 Å². The van der Waals surface area contributed by atoms with Crippen LogP contribution in [0.2, 0.25) is 0 Å². The maximum Gasteiger partial charge on any atom is 0.141 e. The highest BCUT2D eigenvalue weighted by Crippen LogP contribution is 2.18. The van der Waals surface area contributed by atoms with E-state index >= 15 is 0 Å². The molecular weight excluding hydrogens is 209 g/mol. The van der Waals surface area contributed by atoms with Gasteiger partial charge in [-0.05, 0) is 17.7 Å². The lowest BCUT2D eigenvalue weighted by molar-refractivity contribution is 0.249. The van der Waals surface area contributed by atoms with Crippen molar-refractivity contribution < 1.29 is 9.50 Å². The van der Waals surface area contributed by atoms with Gasteiger partial charge in [-0.2, -0.15) is 0 Å². The number of nitrogen functional groups attached to an aromatic ring is 1.